The van der Waals surface area contributed by atoms with Crippen LogP contribution in [0, 0.1) is 15.9 Å². The third-order valence-electron chi connectivity index (χ3n) is 2.84. The Labute approximate surface area is 116 Å². The minimum atomic E-state index is -0.998. The summed E-state index contributed by atoms with van der Waals surface area (Å²) < 4.78 is 13.5. The number of nitro groups is 1. The third kappa shape index (κ3) is 4.27. The minimum absolute atomic E-state index is 0.112. The molecule has 0 saturated carbocycles. The number of carbonyl (C=O) groups is 1. The molecule has 0 N–H and O–H groups in total. The van der Waals surface area contributed by atoms with Crippen LogP contribution in [-0.4, -0.2) is 54.9 Å². The van der Waals surface area contributed by atoms with E-state index in [0.717, 1.165) is 25.1 Å². The van der Waals surface area contributed by atoms with Crippen LogP contribution in [0.25, 0.3) is 0 Å². The van der Waals surface area contributed by atoms with Gasteiger partial charge in [-0.05, 0) is 39.2 Å². The van der Waals surface area contributed by atoms with Crippen LogP contribution in [0.3, 0.4) is 0 Å². The number of carbonyl (C=O) groups excluding carboxylic acids is 1. The Balaban J connectivity index is 2.72. The van der Waals surface area contributed by atoms with Gasteiger partial charge < -0.3 is 9.80 Å². The van der Waals surface area contributed by atoms with Crippen molar-refractivity contribution >= 4 is 11.6 Å². The van der Waals surface area contributed by atoms with Gasteiger partial charge in [-0.25, -0.2) is 0 Å². The van der Waals surface area contributed by atoms with Crippen molar-refractivity contribution in [3.8, 4) is 0 Å². The zero-order valence-corrected chi connectivity index (χ0v) is 11.8. The predicted molar refractivity (Wildman–Crippen MR) is 73.2 cm³/mol. The molecule has 1 amide bonds. The largest absolute Gasteiger partial charge is 0.342 e. The molecular weight excluding hydrogens is 265 g/mol. The van der Waals surface area contributed by atoms with Gasteiger partial charge in [-0.1, -0.05) is 0 Å². The first-order valence-electron chi connectivity index (χ1n) is 6.17. The lowest BCUT2D eigenvalue weighted by Crippen LogP contribution is -2.29. The van der Waals surface area contributed by atoms with Crippen LogP contribution in [-0.2, 0) is 0 Å². The maximum atomic E-state index is 13.5. The van der Waals surface area contributed by atoms with E-state index in [-0.39, 0.29) is 11.5 Å². The van der Waals surface area contributed by atoms with Crippen LogP contribution < -0.4 is 0 Å². The number of hydrogen-bond acceptors (Lipinski definition) is 4. The molecule has 0 fully saturated rings. The summed E-state index contributed by atoms with van der Waals surface area (Å²) in [7, 11) is 5.50. The second-order valence-electron chi connectivity index (χ2n) is 4.81. The maximum absolute atomic E-state index is 13.5. The number of halogens is 1. The Kier molecular flexibility index (Phi) is 5.57. The molecule has 6 nitrogen and oxygen atoms in total. The first kappa shape index (κ1) is 16.0. The number of rotatable bonds is 6. The van der Waals surface area contributed by atoms with E-state index in [9.17, 15) is 19.3 Å². The molecular formula is C13H18FN3O3. The van der Waals surface area contributed by atoms with E-state index in [1.165, 1.54) is 11.0 Å². The zero-order valence-electron chi connectivity index (χ0n) is 11.8. The Morgan fingerprint density at radius 1 is 1.30 bits per heavy atom. The van der Waals surface area contributed by atoms with Crippen molar-refractivity contribution in [1.29, 1.82) is 0 Å². The number of nitro benzene ring substituents is 1. The highest BCUT2D eigenvalue weighted by Crippen LogP contribution is 2.18. The molecule has 20 heavy (non-hydrogen) atoms. The molecule has 0 unspecified atom stereocenters. The SMILES string of the molecule is CN(C)CCCN(C)C(=O)c1ccc([N+](=O)[O-])c(F)c1. The van der Waals surface area contributed by atoms with Gasteiger partial charge in [0.25, 0.3) is 5.91 Å². The van der Waals surface area contributed by atoms with E-state index >= 15 is 0 Å². The first-order chi connectivity index (χ1) is 9.32. The lowest BCUT2D eigenvalue weighted by atomic mass is 10.1. The van der Waals surface area contributed by atoms with Crippen molar-refractivity contribution in [3.05, 3.63) is 39.7 Å². The second kappa shape index (κ2) is 6.95. The molecule has 0 radical (unpaired) electrons. The highest BCUT2D eigenvalue weighted by atomic mass is 19.1. The van der Waals surface area contributed by atoms with Crippen molar-refractivity contribution in [2.75, 3.05) is 34.2 Å². The van der Waals surface area contributed by atoms with Crippen molar-refractivity contribution < 1.29 is 14.1 Å². The van der Waals surface area contributed by atoms with E-state index in [2.05, 4.69) is 0 Å². The van der Waals surface area contributed by atoms with Crippen LogP contribution in [0.15, 0.2) is 18.2 Å². The smallest absolute Gasteiger partial charge is 0.304 e. The lowest BCUT2D eigenvalue weighted by molar-refractivity contribution is -0.387. The fraction of sp³-hybridized carbons (Fsp3) is 0.462. The molecule has 0 bridgehead atoms. The van der Waals surface area contributed by atoms with Crippen LogP contribution in [0.4, 0.5) is 10.1 Å². The van der Waals surface area contributed by atoms with Crippen molar-refractivity contribution in [2.45, 2.75) is 6.42 Å². The van der Waals surface area contributed by atoms with Gasteiger partial charge in [0.15, 0.2) is 0 Å². The average molecular weight is 283 g/mol. The molecule has 0 saturated heterocycles. The topological polar surface area (TPSA) is 66.7 Å². The highest BCUT2D eigenvalue weighted by Gasteiger charge is 2.18. The number of nitrogens with zero attached hydrogens (tertiary/aromatic N) is 3. The normalized spacial score (nSPS) is 10.7. The quantitative estimate of drug-likeness (QED) is 0.589. The number of amides is 1. The summed E-state index contributed by atoms with van der Waals surface area (Å²) in [6.45, 7) is 1.38. The predicted octanol–water partition coefficient (Wildman–Crippen LogP) is 1.76. The van der Waals surface area contributed by atoms with Gasteiger partial charge in [0.05, 0.1) is 4.92 Å². The summed E-state index contributed by atoms with van der Waals surface area (Å²) in [5, 5.41) is 10.5. The Hall–Kier alpha value is -2.02. The van der Waals surface area contributed by atoms with Gasteiger partial charge in [0.2, 0.25) is 5.82 Å². The van der Waals surface area contributed by atoms with E-state index < -0.39 is 16.4 Å². The van der Waals surface area contributed by atoms with Gasteiger partial charge in [-0.2, -0.15) is 4.39 Å². The molecule has 0 spiro atoms. The average Bonchev–Trinajstić information content (AvgIpc) is 2.36. The van der Waals surface area contributed by atoms with Gasteiger partial charge >= 0.3 is 5.69 Å². The summed E-state index contributed by atoms with van der Waals surface area (Å²) in [6, 6.07) is 3.19. The third-order valence-corrected chi connectivity index (χ3v) is 2.84. The van der Waals surface area contributed by atoms with E-state index in [4.69, 9.17) is 0 Å². The molecule has 1 aromatic rings. The molecule has 1 rings (SSSR count). The monoisotopic (exact) mass is 283 g/mol. The Bertz CT molecular complexity index is 506. The maximum Gasteiger partial charge on any atom is 0.304 e. The molecule has 0 atom stereocenters. The van der Waals surface area contributed by atoms with Crippen molar-refractivity contribution in [3.63, 3.8) is 0 Å². The first-order valence-corrected chi connectivity index (χ1v) is 6.17. The van der Waals surface area contributed by atoms with Gasteiger partial charge in [0, 0.05) is 25.2 Å². The lowest BCUT2D eigenvalue weighted by Gasteiger charge is -2.18. The molecule has 0 aliphatic heterocycles. The van der Waals surface area contributed by atoms with Crippen LogP contribution in [0.2, 0.25) is 0 Å². The van der Waals surface area contributed by atoms with Crippen LogP contribution >= 0.6 is 0 Å². The van der Waals surface area contributed by atoms with Crippen molar-refractivity contribution in [2.24, 2.45) is 0 Å². The molecule has 7 heteroatoms. The van der Waals surface area contributed by atoms with E-state index in [1.54, 1.807) is 7.05 Å². The molecule has 0 aliphatic carbocycles. The minimum Gasteiger partial charge on any atom is -0.342 e. The second-order valence-corrected chi connectivity index (χ2v) is 4.81. The molecule has 110 valence electrons. The summed E-state index contributed by atoms with van der Waals surface area (Å²) >= 11 is 0. The number of hydrogen-bond donors (Lipinski definition) is 0. The molecule has 0 heterocycles. The van der Waals surface area contributed by atoms with Crippen LogP contribution in [0.5, 0.6) is 0 Å². The van der Waals surface area contributed by atoms with Gasteiger partial charge in [-0.3, -0.25) is 14.9 Å². The highest BCUT2D eigenvalue weighted by molar-refractivity contribution is 5.94. The van der Waals surface area contributed by atoms with Gasteiger partial charge in [0.1, 0.15) is 0 Å². The Morgan fingerprint density at radius 2 is 1.95 bits per heavy atom. The van der Waals surface area contributed by atoms with Gasteiger partial charge in [-0.15, -0.1) is 0 Å². The summed E-state index contributed by atoms with van der Waals surface area (Å²) in [5.41, 5.74) is -0.516. The summed E-state index contributed by atoms with van der Waals surface area (Å²) in [6.07, 6.45) is 0.796. The molecule has 0 aliphatic rings. The summed E-state index contributed by atoms with van der Waals surface area (Å²) in [4.78, 5) is 25.2. The molecule has 0 aromatic heterocycles. The van der Waals surface area contributed by atoms with E-state index in [0.29, 0.717) is 6.54 Å². The zero-order chi connectivity index (χ0) is 15.3. The van der Waals surface area contributed by atoms with Crippen molar-refractivity contribution in [1.82, 2.24) is 9.80 Å². The molecule has 1 aromatic carbocycles. The Morgan fingerprint density at radius 3 is 2.45 bits per heavy atom. The standard InChI is InChI=1S/C13H18FN3O3/c1-15(2)7-4-8-16(3)13(18)10-5-6-12(17(19)20)11(14)9-10/h5-6,9H,4,7-8H2,1-3H3. The fourth-order valence-electron chi connectivity index (χ4n) is 1.73. The number of benzene rings is 1. The summed E-state index contributed by atoms with van der Waals surface area (Å²) in [5.74, 6) is -1.35. The van der Waals surface area contributed by atoms with E-state index in [1.807, 2.05) is 19.0 Å². The fourth-order valence-corrected chi connectivity index (χ4v) is 1.73. The van der Waals surface area contributed by atoms with Crippen LogP contribution in [0.1, 0.15) is 16.8 Å².